The van der Waals surface area contributed by atoms with Gasteiger partial charge < -0.3 is 5.32 Å². The van der Waals surface area contributed by atoms with Gasteiger partial charge in [0.2, 0.25) is 0 Å². The average Bonchev–Trinajstić information content (AvgIpc) is 2.38. The van der Waals surface area contributed by atoms with E-state index in [0.29, 0.717) is 12.1 Å². The lowest BCUT2D eigenvalue weighted by Gasteiger charge is -2.09. The molecule has 0 unspecified atom stereocenters. The first kappa shape index (κ1) is 15.9. The highest BCUT2D eigenvalue weighted by molar-refractivity contribution is 5.46. The van der Waals surface area contributed by atoms with E-state index < -0.39 is 0 Å². The van der Waals surface area contributed by atoms with Gasteiger partial charge in [0.25, 0.3) is 0 Å². The van der Waals surface area contributed by atoms with E-state index in [2.05, 4.69) is 12.2 Å². The molecular formula is C16H25F2N. The standard InChI is InChI=1S/C16H25F2N/c1-3-4-5-6-7-8-9-10-19-16-12-14(17)13(2)11-15(16)18/h11-12,19H,3-10H2,1-2H3. The van der Waals surface area contributed by atoms with E-state index in [1.54, 1.807) is 6.92 Å². The first-order valence-corrected chi connectivity index (χ1v) is 7.34. The lowest BCUT2D eigenvalue weighted by Crippen LogP contribution is -2.04. The quantitative estimate of drug-likeness (QED) is 0.589. The minimum Gasteiger partial charge on any atom is -0.383 e. The fourth-order valence-electron chi connectivity index (χ4n) is 2.09. The van der Waals surface area contributed by atoms with Crippen molar-refractivity contribution in [3.05, 3.63) is 29.3 Å². The second-order valence-corrected chi connectivity index (χ2v) is 5.13. The molecule has 108 valence electrons. The van der Waals surface area contributed by atoms with Crippen molar-refractivity contribution in [2.24, 2.45) is 0 Å². The molecule has 0 aliphatic heterocycles. The maximum atomic E-state index is 13.5. The number of nitrogens with one attached hydrogen (secondary N) is 1. The molecule has 0 saturated heterocycles. The number of hydrogen-bond acceptors (Lipinski definition) is 1. The lowest BCUT2D eigenvalue weighted by atomic mass is 10.1. The predicted octanol–water partition coefficient (Wildman–Crippen LogP) is 5.44. The Hall–Kier alpha value is -1.12. The largest absolute Gasteiger partial charge is 0.383 e. The van der Waals surface area contributed by atoms with E-state index in [1.807, 2.05) is 0 Å². The van der Waals surface area contributed by atoms with Crippen molar-refractivity contribution >= 4 is 5.69 Å². The molecule has 0 heterocycles. The van der Waals surface area contributed by atoms with Gasteiger partial charge in [0, 0.05) is 12.6 Å². The number of benzene rings is 1. The zero-order valence-corrected chi connectivity index (χ0v) is 12.1. The normalized spacial score (nSPS) is 10.7. The van der Waals surface area contributed by atoms with Crippen LogP contribution in [0.1, 0.15) is 57.4 Å². The number of hydrogen-bond donors (Lipinski definition) is 1. The molecule has 1 nitrogen and oxygen atoms in total. The fraction of sp³-hybridized carbons (Fsp3) is 0.625. The summed E-state index contributed by atoms with van der Waals surface area (Å²) in [5.41, 5.74) is 0.619. The summed E-state index contributed by atoms with van der Waals surface area (Å²) in [6, 6.07) is 2.48. The average molecular weight is 269 g/mol. The van der Waals surface area contributed by atoms with Crippen LogP contribution in [0.15, 0.2) is 12.1 Å². The Morgan fingerprint density at radius 3 is 2.21 bits per heavy atom. The Morgan fingerprint density at radius 2 is 1.53 bits per heavy atom. The lowest BCUT2D eigenvalue weighted by molar-refractivity contribution is 0.588. The van der Waals surface area contributed by atoms with Crippen LogP contribution < -0.4 is 5.32 Å². The third kappa shape index (κ3) is 6.04. The van der Waals surface area contributed by atoms with Crippen LogP contribution in [-0.2, 0) is 0 Å². The molecule has 1 rings (SSSR count). The molecule has 0 aromatic heterocycles. The first-order valence-electron chi connectivity index (χ1n) is 7.34. The van der Waals surface area contributed by atoms with E-state index in [9.17, 15) is 8.78 Å². The maximum Gasteiger partial charge on any atom is 0.146 e. The van der Waals surface area contributed by atoms with Gasteiger partial charge in [-0.25, -0.2) is 8.78 Å². The van der Waals surface area contributed by atoms with E-state index in [-0.39, 0.29) is 17.3 Å². The second kappa shape index (κ2) is 8.89. The van der Waals surface area contributed by atoms with Crippen LogP contribution in [-0.4, -0.2) is 6.54 Å². The minimum atomic E-state index is -0.373. The van der Waals surface area contributed by atoms with Crippen molar-refractivity contribution in [3.8, 4) is 0 Å². The predicted molar refractivity (Wildman–Crippen MR) is 77.6 cm³/mol. The van der Waals surface area contributed by atoms with Gasteiger partial charge in [-0.2, -0.15) is 0 Å². The molecule has 0 radical (unpaired) electrons. The Bertz CT molecular complexity index is 377. The number of rotatable bonds is 9. The Kier molecular flexibility index (Phi) is 7.46. The molecular weight excluding hydrogens is 244 g/mol. The summed E-state index contributed by atoms with van der Waals surface area (Å²) >= 11 is 0. The zero-order chi connectivity index (χ0) is 14.1. The monoisotopic (exact) mass is 269 g/mol. The highest BCUT2D eigenvalue weighted by Gasteiger charge is 2.06. The topological polar surface area (TPSA) is 12.0 Å². The van der Waals surface area contributed by atoms with E-state index in [0.717, 1.165) is 12.8 Å². The van der Waals surface area contributed by atoms with Crippen molar-refractivity contribution in [1.29, 1.82) is 0 Å². The van der Waals surface area contributed by atoms with Gasteiger partial charge in [-0.15, -0.1) is 0 Å². The SMILES string of the molecule is CCCCCCCCCNc1cc(F)c(C)cc1F. The van der Waals surface area contributed by atoms with Gasteiger partial charge in [-0.05, 0) is 25.0 Å². The van der Waals surface area contributed by atoms with Crippen LogP contribution >= 0.6 is 0 Å². The number of anilines is 1. The van der Waals surface area contributed by atoms with Gasteiger partial charge >= 0.3 is 0 Å². The summed E-state index contributed by atoms with van der Waals surface area (Å²) in [4.78, 5) is 0. The fourth-order valence-corrected chi connectivity index (χ4v) is 2.09. The molecule has 0 aliphatic carbocycles. The molecule has 19 heavy (non-hydrogen) atoms. The van der Waals surface area contributed by atoms with Crippen LogP contribution in [0.25, 0.3) is 0 Å². The van der Waals surface area contributed by atoms with Gasteiger partial charge in [0.1, 0.15) is 11.6 Å². The highest BCUT2D eigenvalue weighted by Crippen LogP contribution is 2.19. The van der Waals surface area contributed by atoms with Gasteiger partial charge in [0.05, 0.1) is 5.69 Å². The molecule has 0 saturated carbocycles. The van der Waals surface area contributed by atoms with Gasteiger partial charge in [-0.1, -0.05) is 45.4 Å². The number of aryl methyl sites for hydroxylation is 1. The maximum absolute atomic E-state index is 13.5. The van der Waals surface area contributed by atoms with Crippen molar-refractivity contribution in [2.45, 2.75) is 58.8 Å². The van der Waals surface area contributed by atoms with Crippen molar-refractivity contribution < 1.29 is 8.78 Å². The summed E-state index contributed by atoms with van der Waals surface area (Å²) in [6.07, 6.45) is 8.54. The van der Waals surface area contributed by atoms with Crippen molar-refractivity contribution in [2.75, 3.05) is 11.9 Å². The molecule has 1 N–H and O–H groups in total. The zero-order valence-electron chi connectivity index (χ0n) is 12.1. The molecule has 3 heteroatoms. The summed E-state index contributed by atoms with van der Waals surface area (Å²) in [6.45, 7) is 4.48. The van der Waals surface area contributed by atoms with Crippen LogP contribution in [0.2, 0.25) is 0 Å². The molecule has 0 fully saturated rings. The van der Waals surface area contributed by atoms with Gasteiger partial charge in [0.15, 0.2) is 0 Å². The molecule has 0 aliphatic rings. The van der Waals surface area contributed by atoms with E-state index in [1.165, 1.54) is 44.2 Å². The molecule has 1 aromatic carbocycles. The van der Waals surface area contributed by atoms with Crippen LogP contribution in [0.5, 0.6) is 0 Å². The Balaban J connectivity index is 2.17. The van der Waals surface area contributed by atoms with Crippen LogP contribution in [0.3, 0.4) is 0 Å². The smallest absolute Gasteiger partial charge is 0.146 e. The summed E-state index contributed by atoms with van der Waals surface area (Å²) in [7, 11) is 0. The number of halogens is 2. The minimum absolute atomic E-state index is 0.272. The van der Waals surface area contributed by atoms with Crippen molar-refractivity contribution in [1.82, 2.24) is 0 Å². The molecule has 0 amide bonds. The van der Waals surface area contributed by atoms with Crippen LogP contribution in [0, 0.1) is 18.6 Å². The molecule has 1 aromatic rings. The third-order valence-electron chi connectivity index (χ3n) is 3.34. The summed E-state index contributed by atoms with van der Waals surface area (Å²) < 4.78 is 26.8. The number of unbranched alkanes of at least 4 members (excludes halogenated alkanes) is 6. The van der Waals surface area contributed by atoms with Crippen molar-refractivity contribution in [3.63, 3.8) is 0 Å². The second-order valence-electron chi connectivity index (χ2n) is 5.13. The summed E-state index contributed by atoms with van der Waals surface area (Å²) in [5, 5.41) is 2.97. The Morgan fingerprint density at radius 1 is 0.895 bits per heavy atom. The van der Waals surface area contributed by atoms with E-state index >= 15 is 0 Å². The highest BCUT2D eigenvalue weighted by atomic mass is 19.1. The Labute approximate surface area is 115 Å². The molecule has 0 bridgehead atoms. The first-order chi connectivity index (χ1) is 9.15. The van der Waals surface area contributed by atoms with E-state index in [4.69, 9.17) is 0 Å². The third-order valence-corrected chi connectivity index (χ3v) is 3.34. The molecule has 0 atom stereocenters. The van der Waals surface area contributed by atoms with Crippen LogP contribution in [0.4, 0.5) is 14.5 Å². The van der Waals surface area contributed by atoms with Gasteiger partial charge in [-0.3, -0.25) is 0 Å². The molecule has 0 spiro atoms. The summed E-state index contributed by atoms with van der Waals surface area (Å²) in [5.74, 6) is -0.731.